The van der Waals surface area contributed by atoms with Crippen molar-refractivity contribution in [3.63, 3.8) is 0 Å². The average molecular weight is 344 g/mol. The first-order valence-corrected chi connectivity index (χ1v) is 9.76. The van der Waals surface area contributed by atoms with Crippen LogP contribution in [-0.2, 0) is 4.79 Å². The second kappa shape index (κ2) is 7.43. The number of rotatable bonds is 4. The highest BCUT2D eigenvalue weighted by Crippen LogP contribution is 2.33. The lowest BCUT2D eigenvalue weighted by Crippen LogP contribution is -2.42. The van der Waals surface area contributed by atoms with E-state index in [4.69, 9.17) is 4.52 Å². The molecule has 1 saturated heterocycles. The summed E-state index contributed by atoms with van der Waals surface area (Å²) in [5, 5.41) is 4.26. The van der Waals surface area contributed by atoms with Crippen molar-refractivity contribution in [3.8, 4) is 11.3 Å². The number of benzene rings is 1. The smallest absolute Gasteiger partial charge is 0.235 e. The predicted octanol–water partition coefficient (Wildman–Crippen LogP) is 4.46. The summed E-state index contributed by atoms with van der Waals surface area (Å²) in [6, 6.07) is 10.2. The third-order valence-electron chi connectivity index (χ3n) is 4.69. The molecule has 24 heavy (non-hydrogen) atoms. The molecule has 1 aromatic heterocycles. The zero-order chi connectivity index (χ0) is 17.1. The summed E-state index contributed by atoms with van der Waals surface area (Å²) in [7, 11) is 0. The Labute approximate surface area is 147 Å². The van der Waals surface area contributed by atoms with Crippen LogP contribution in [0.15, 0.2) is 34.9 Å². The van der Waals surface area contributed by atoms with Gasteiger partial charge in [-0.3, -0.25) is 4.79 Å². The van der Waals surface area contributed by atoms with E-state index in [1.54, 1.807) is 11.8 Å². The fourth-order valence-electron chi connectivity index (χ4n) is 3.14. The Hall–Kier alpha value is -1.75. The summed E-state index contributed by atoms with van der Waals surface area (Å²) >= 11 is 1.59. The molecule has 0 spiro atoms. The zero-order valence-electron chi connectivity index (χ0n) is 14.5. The standard InChI is InChI=1S/C19H24N2O2S/c1-13-7-9-15(10-8-13)18-12-16(20-23-18)17-6-4-5-11-21(17)19(22)14(2)24-3/h7-10,12,14,17H,4-6,11H2,1-3H3. The van der Waals surface area contributed by atoms with E-state index in [-0.39, 0.29) is 17.2 Å². The second-order valence-corrected chi connectivity index (χ2v) is 7.58. The van der Waals surface area contributed by atoms with Gasteiger partial charge in [0.05, 0.1) is 11.3 Å². The van der Waals surface area contributed by atoms with Gasteiger partial charge in [-0.2, -0.15) is 11.8 Å². The van der Waals surface area contributed by atoms with E-state index >= 15 is 0 Å². The van der Waals surface area contributed by atoms with Crippen molar-refractivity contribution in [2.45, 2.75) is 44.4 Å². The molecule has 5 heteroatoms. The highest BCUT2D eigenvalue weighted by Gasteiger charge is 2.32. The molecule has 0 N–H and O–H groups in total. The Bertz CT molecular complexity index is 696. The van der Waals surface area contributed by atoms with Crippen LogP contribution >= 0.6 is 11.8 Å². The van der Waals surface area contributed by atoms with Gasteiger partial charge in [-0.1, -0.05) is 35.0 Å². The summed E-state index contributed by atoms with van der Waals surface area (Å²) in [6.07, 6.45) is 5.11. The van der Waals surface area contributed by atoms with E-state index in [1.807, 2.05) is 36.3 Å². The number of aryl methyl sites for hydroxylation is 1. The Kier molecular flexibility index (Phi) is 5.29. The monoisotopic (exact) mass is 344 g/mol. The molecule has 2 unspecified atom stereocenters. The van der Waals surface area contributed by atoms with Gasteiger partial charge in [-0.15, -0.1) is 0 Å². The maximum Gasteiger partial charge on any atom is 0.235 e. The highest BCUT2D eigenvalue weighted by molar-refractivity contribution is 7.99. The van der Waals surface area contributed by atoms with Gasteiger partial charge in [0.25, 0.3) is 0 Å². The van der Waals surface area contributed by atoms with E-state index in [0.29, 0.717) is 0 Å². The number of aromatic nitrogens is 1. The van der Waals surface area contributed by atoms with Crippen LogP contribution in [0.1, 0.15) is 43.5 Å². The fraction of sp³-hybridized carbons (Fsp3) is 0.474. The molecule has 1 aliphatic heterocycles. The molecular formula is C19H24N2O2S. The number of piperidine rings is 1. The van der Waals surface area contributed by atoms with Crippen molar-refractivity contribution in [1.29, 1.82) is 0 Å². The van der Waals surface area contributed by atoms with Crippen molar-refractivity contribution >= 4 is 17.7 Å². The van der Waals surface area contributed by atoms with Gasteiger partial charge in [0.1, 0.15) is 5.69 Å². The number of carbonyl (C=O) groups excluding carboxylic acids is 1. The third kappa shape index (κ3) is 3.51. The van der Waals surface area contributed by atoms with Crippen LogP contribution in [0.5, 0.6) is 0 Å². The van der Waals surface area contributed by atoms with Crippen molar-refractivity contribution in [2.75, 3.05) is 12.8 Å². The number of hydrogen-bond acceptors (Lipinski definition) is 4. The number of likely N-dealkylation sites (tertiary alicyclic amines) is 1. The minimum atomic E-state index is -0.0194. The van der Waals surface area contributed by atoms with Gasteiger partial charge < -0.3 is 9.42 Å². The van der Waals surface area contributed by atoms with Gasteiger partial charge in [0.2, 0.25) is 5.91 Å². The SMILES string of the molecule is CSC(C)C(=O)N1CCCCC1c1cc(-c2ccc(C)cc2)on1. The first-order chi connectivity index (χ1) is 11.6. The molecule has 1 aromatic carbocycles. The van der Waals surface area contributed by atoms with Crippen LogP contribution in [0.3, 0.4) is 0 Å². The molecule has 2 aromatic rings. The molecule has 2 atom stereocenters. The van der Waals surface area contributed by atoms with Crippen molar-refractivity contribution in [2.24, 2.45) is 0 Å². The van der Waals surface area contributed by atoms with E-state index in [1.165, 1.54) is 5.56 Å². The summed E-state index contributed by atoms with van der Waals surface area (Å²) in [5.41, 5.74) is 3.10. The molecule has 1 fully saturated rings. The molecular weight excluding hydrogens is 320 g/mol. The molecule has 0 bridgehead atoms. The molecule has 0 radical (unpaired) electrons. The van der Waals surface area contributed by atoms with E-state index < -0.39 is 0 Å². The lowest BCUT2D eigenvalue weighted by Gasteiger charge is -2.35. The highest BCUT2D eigenvalue weighted by atomic mass is 32.2. The average Bonchev–Trinajstić information content (AvgIpc) is 3.11. The van der Waals surface area contributed by atoms with Crippen LogP contribution in [0.2, 0.25) is 0 Å². The number of hydrogen-bond donors (Lipinski definition) is 0. The summed E-state index contributed by atoms with van der Waals surface area (Å²) < 4.78 is 5.57. The lowest BCUT2D eigenvalue weighted by atomic mass is 9.98. The third-order valence-corrected chi connectivity index (χ3v) is 5.60. The minimum absolute atomic E-state index is 0.0194. The number of amides is 1. The molecule has 2 heterocycles. The van der Waals surface area contributed by atoms with Crippen molar-refractivity contribution < 1.29 is 9.32 Å². The number of thioether (sulfide) groups is 1. The first-order valence-electron chi connectivity index (χ1n) is 8.47. The van der Waals surface area contributed by atoms with Crippen LogP contribution in [0.4, 0.5) is 0 Å². The van der Waals surface area contributed by atoms with E-state index in [9.17, 15) is 4.79 Å². The van der Waals surface area contributed by atoms with Crippen LogP contribution in [0, 0.1) is 6.92 Å². The Morgan fingerprint density at radius 1 is 1.33 bits per heavy atom. The number of carbonyl (C=O) groups is 1. The quantitative estimate of drug-likeness (QED) is 0.822. The van der Waals surface area contributed by atoms with Gasteiger partial charge in [-0.05, 0) is 39.4 Å². The van der Waals surface area contributed by atoms with E-state index in [0.717, 1.165) is 42.8 Å². The predicted molar refractivity (Wildman–Crippen MR) is 98.0 cm³/mol. The van der Waals surface area contributed by atoms with Gasteiger partial charge in [-0.25, -0.2) is 0 Å². The van der Waals surface area contributed by atoms with E-state index in [2.05, 4.69) is 24.2 Å². The topological polar surface area (TPSA) is 46.3 Å². The van der Waals surface area contributed by atoms with Gasteiger partial charge in [0.15, 0.2) is 5.76 Å². The molecule has 3 rings (SSSR count). The molecule has 0 saturated carbocycles. The zero-order valence-corrected chi connectivity index (χ0v) is 15.3. The molecule has 128 valence electrons. The van der Waals surface area contributed by atoms with Gasteiger partial charge in [0, 0.05) is 18.2 Å². The molecule has 1 aliphatic rings. The summed E-state index contributed by atoms with van der Waals surface area (Å²) in [4.78, 5) is 14.7. The Morgan fingerprint density at radius 3 is 2.79 bits per heavy atom. The Morgan fingerprint density at radius 2 is 2.08 bits per heavy atom. The summed E-state index contributed by atoms with van der Waals surface area (Å²) in [5.74, 6) is 0.966. The Balaban J connectivity index is 1.84. The van der Waals surface area contributed by atoms with Crippen LogP contribution < -0.4 is 0 Å². The maximum absolute atomic E-state index is 12.7. The van der Waals surface area contributed by atoms with Crippen molar-refractivity contribution in [1.82, 2.24) is 10.1 Å². The van der Waals surface area contributed by atoms with Crippen LogP contribution in [-0.4, -0.2) is 34.0 Å². The number of nitrogens with zero attached hydrogens (tertiary/aromatic N) is 2. The second-order valence-electron chi connectivity index (χ2n) is 6.40. The minimum Gasteiger partial charge on any atom is -0.356 e. The molecule has 0 aliphatic carbocycles. The fourth-order valence-corrected chi connectivity index (χ4v) is 3.47. The van der Waals surface area contributed by atoms with Gasteiger partial charge >= 0.3 is 0 Å². The first kappa shape index (κ1) is 17.1. The van der Waals surface area contributed by atoms with Crippen molar-refractivity contribution in [3.05, 3.63) is 41.6 Å². The normalized spacial score (nSPS) is 19.3. The molecule has 4 nitrogen and oxygen atoms in total. The lowest BCUT2D eigenvalue weighted by molar-refractivity contribution is -0.134. The maximum atomic E-state index is 12.7. The van der Waals surface area contributed by atoms with Crippen LogP contribution in [0.25, 0.3) is 11.3 Å². The molecule has 1 amide bonds. The summed E-state index contributed by atoms with van der Waals surface area (Å²) in [6.45, 7) is 4.84. The largest absolute Gasteiger partial charge is 0.356 e.